The fraction of sp³-hybridized carbons (Fsp3) is 0.462. The summed E-state index contributed by atoms with van der Waals surface area (Å²) in [5.41, 5.74) is 0.566. The Morgan fingerprint density at radius 2 is 2.20 bits per heavy atom. The summed E-state index contributed by atoms with van der Waals surface area (Å²) in [6, 6.07) is 2.62. The summed E-state index contributed by atoms with van der Waals surface area (Å²) >= 11 is 0. The molecule has 0 aromatic carbocycles. The van der Waals surface area contributed by atoms with E-state index in [-0.39, 0.29) is 12.3 Å². The number of nitrogens with two attached hydrogens (primary N) is 1. The van der Waals surface area contributed by atoms with Crippen LogP contribution >= 0.6 is 0 Å². The second-order valence-electron chi connectivity index (χ2n) is 4.89. The predicted octanol–water partition coefficient (Wildman–Crippen LogP) is -4.01. The Balaban J connectivity index is 1.93. The van der Waals surface area contributed by atoms with Gasteiger partial charge in [0.1, 0.15) is 32.2 Å². The first-order chi connectivity index (χ1) is 9.66. The summed E-state index contributed by atoms with van der Waals surface area (Å²) in [4.78, 5) is 28.0. The van der Waals surface area contributed by atoms with E-state index < -0.39 is 12.0 Å². The van der Waals surface area contributed by atoms with Crippen LogP contribution in [-0.2, 0) is 9.59 Å². The number of amides is 1. The van der Waals surface area contributed by atoms with Crippen molar-refractivity contribution in [3.63, 3.8) is 0 Å². The topological polar surface area (TPSA) is 103 Å². The quantitative estimate of drug-likeness (QED) is 0.511. The van der Waals surface area contributed by atoms with E-state index in [0.717, 1.165) is 31.1 Å². The van der Waals surface area contributed by atoms with Crippen molar-refractivity contribution in [2.45, 2.75) is 12.5 Å². The number of hydrogen-bond acceptors (Lipinski definition) is 4. The number of pyridine rings is 1. The maximum atomic E-state index is 11.9. The number of piperazine rings is 1. The van der Waals surface area contributed by atoms with Crippen LogP contribution in [0.3, 0.4) is 0 Å². The molecule has 0 radical (unpaired) electrons. The lowest BCUT2D eigenvalue weighted by atomic mass is 10.1. The first-order valence-electron chi connectivity index (χ1n) is 6.74. The summed E-state index contributed by atoms with van der Waals surface area (Å²) in [7, 11) is 0. The Kier molecular flexibility index (Phi) is 5.03. The zero-order valence-electron chi connectivity index (χ0n) is 11.2. The lowest BCUT2D eigenvalue weighted by molar-refractivity contribution is -0.961. The molecular weight excluding hydrogens is 260 g/mol. The van der Waals surface area contributed by atoms with Crippen molar-refractivity contribution in [3.05, 3.63) is 24.5 Å². The number of carbonyl (C=O) groups is 2. The van der Waals surface area contributed by atoms with Crippen LogP contribution in [0.1, 0.15) is 6.42 Å². The van der Waals surface area contributed by atoms with Crippen LogP contribution in [0.15, 0.2) is 24.5 Å². The molecule has 1 aliphatic rings. The number of rotatable bonds is 5. The van der Waals surface area contributed by atoms with Gasteiger partial charge in [0.15, 0.2) is 0 Å². The second kappa shape index (κ2) is 6.97. The van der Waals surface area contributed by atoms with E-state index >= 15 is 0 Å². The first-order valence-corrected chi connectivity index (χ1v) is 6.74. The van der Waals surface area contributed by atoms with Crippen LogP contribution < -0.4 is 20.6 Å². The molecule has 0 spiro atoms. The Hall–Kier alpha value is -1.99. The Labute approximate surface area is 117 Å². The van der Waals surface area contributed by atoms with Crippen molar-refractivity contribution < 1.29 is 24.9 Å². The Morgan fingerprint density at radius 1 is 1.45 bits per heavy atom. The molecule has 0 saturated carbocycles. The molecular formula is C13H19N4O3+. The van der Waals surface area contributed by atoms with Crippen molar-refractivity contribution in [3.8, 4) is 0 Å². The van der Waals surface area contributed by atoms with Crippen LogP contribution in [0, 0.1) is 0 Å². The third-order valence-electron chi connectivity index (χ3n) is 3.45. The molecule has 1 saturated heterocycles. The molecule has 2 rings (SSSR count). The van der Waals surface area contributed by atoms with E-state index in [4.69, 9.17) is 0 Å². The van der Waals surface area contributed by atoms with Crippen LogP contribution in [0.25, 0.3) is 0 Å². The van der Waals surface area contributed by atoms with Crippen LogP contribution in [0.2, 0.25) is 0 Å². The van der Waals surface area contributed by atoms with E-state index in [9.17, 15) is 14.7 Å². The van der Waals surface area contributed by atoms with Gasteiger partial charge in [-0.25, -0.2) is 0 Å². The Bertz CT molecular complexity index is 460. The second-order valence-corrected chi connectivity index (χ2v) is 4.89. The number of quaternary nitrogens is 2. The number of carboxylic acid groups (broad SMARTS) is 1. The van der Waals surface area contributed by atoms with Gasteiger partial charge in [-0.3, -0.25) is 9.78 Å². The molecule has 20 heavy (non-hydrogen) atoms. The maximum Gasteiger partial charge on any atom is 0.230 e. The zero-order valence-corrected chi connectivity index (χ0v) is 11.2. The number of aliphatic carboxylic acids is 1. The zero-order chi connectivity index (χ0) is 14.4. The number of carboxylic acids is 1. The van der Waals surface area contributed by atoms with Gasteiger partial charge in [0.25, 0.3) is 0 Å². The smallest absolute Gasteiger partial charge is 0.230 e. The lowest BCUT2D eigenvalue weighted by Gasteiger charge is -2.30. The lowest BCUT2D eigenvalue weighted by Crippen LogP contribution is -3.24. The van der Waals surface area contributed by atoms with Crippen molar-refractivity contribution in [2.24, 2.45) is 0 Å². The fourth-order valence-corrected chi connectivity index (χ4v) is 2.42. The monoisotopic (exact) mass is 279 g/mol. The van der Waals surface area contributed by atoms with Crippen LogP contribution in [0.4, 0.5) is 5.69 Å². The van der Waals surface area contributed by atoms with Gasteiger partial charge in [0.05, 0.1) is 24.3 Å². The summed E-state index contributed by atoms with van der Waals surface area (Å²) in [6.45, 7) is 3.23. The van der Waals surface area contributed by atoms with Gasteiger partial charge in [0.2, 0.25) is 5.91 Å². The number of anilines is 1. The van der Waals surface area contributed by atoms with E-state index in [1.807, 2.05) is 0 Å². The first kappa shape index (κ1) is 14.4. The number of aromatic nitrogens is 1. The van der Waals surface area contributed by atoms with Crippen LogP contribution in [-0.4, -0.2) is 49.1 Å². The van der Waals surface area contributed by atoms with E-state index in [0.29, 0.717) is 5.69 Å². The van der Waals surface area contributed by atoms with Crippen LogP contribution in [0.5, 0.6) is 0 Å². The maximum absolute atomic E-state index is 11.9. The molecule has 0 bridgehead atoms. The predicted molar refractivity (Wildman–Crippen MR) is 68.6 cm³/mol. The van der Waals surface area contributed by atoms with Gasteiger partial charge in [-0.1, -0.05) is 0 Å². The molecule has 1 fully saturated rings. The fourth-order valence-electron chi connectivity index (χ4n) is 2.42. The van der Waals surface area contributed by atoms with E-state index in [2.05, 4.69) is 15.6 Å². The van der Waals surface area contributed by atoms with Crippen molar-refractivity contribution >= 4 is 17.6 Å². The molecule has 108 valence electrons. The highest BCUT2D eigenvalue weighted by atomic mass is 16.4. The molecule has 1 aliphatic heterocycles. The van der Waals surface area contributed by atoms with Crippen molar-refractivity contribution in [2.75, 3.05) is 31.5 Å². The molecule has 1 atom stereocenters. The summed E-state index contributed by atoms with van der Waals surface area (Å²) in [6.07, 6.45) is 3.05. The standard InChI is InChI=1S/C13H18N4O3/c18-12(16-10-2-1-3-15-9-10)8-11(13(19)20)17-6-4-14-5-7-17/h1-3,9,11,14H,4-8H2,(H,16,18)(H,19,20)/p+1/t11-/m0/s1. The normalized spacial score (nSPS) is 17.4. The van der Waals surface area contributed by atoms with Gasteiger partial charge < -0.3 is 25.4 Å². The molecule has 0 aliphatic carbocycles. The number of nitrogens with one attached hydrogen (secondary N) is 2. The van der Waals surface area contributed by atoms with E-state index in [1.54, 1.807) is 18.3 Å². The SMILES string of the molecule is O=C(C[C@@H](C(=O)[O-])[NH+]1CC[NH2+]CC1)Nc1cccnc1. The van der Waals surface area contributed by atoms with Gasteiger partial charge >= 0.3 is 0 Å². The largest absolute Gasteiger partial charge is 0.544 e. The molecule has 1 amide bonds. The summed E-state index contributed by atoms with van der Waals surface area (Å²) in [5, 5.41) is 16.0. The van der Waals surface area contributed by atoms with Gasteiger partial charge in [0, 0.05) is 6.20 Å². The average Bonchev–Trinajstić information content (AvgIpc) is 2.46. The average molecular weight is 279 g/mol. The van der Waals surface area contributed by atoms with Gasteiger partial charge in [-0.05, 0) is 12.1 Å². The van der Waals surface area contributed by atoms with Crippen molar-refractivity contribution in [1.29, 1.82) is 0 Å². The highest BCUT2D eigenvalue weighted by Crippen LogP contribution is 2.03. The highest BCUT2D eigenvalue weighted by Gasteiger charge is 2.29. The summed E-state index contributed by atoms with van der Waals surface area (Å²) < 4.78 is 0. The molecule has 1 aromatic heterocycles. The number of hydrogen-bond donors (Lipinski definition) is 3. The number of nitrogens with zero attached hydrogens (tertiary/aromatic N) is 1. The molecule has 7 heteroatoms. The number of carbonyl (C=O) groups excluding carboxylic acids is 2. The molecule has 2 heterocycles. The molecule has 0 unspecified atom stereocenters. The third kappa shape index (κ3) is 4.01. The minimum atomic E-state index is -1.16. The highest BCUT2D eigenvalue weighted by molar-refractivity contribution is 5.93. The summed E-state index contributed by atoms with van der Waals surface area (Å²) in [5.74, 6) is -1.49. The minimum Gasteiger partial charge on any atom is -0.544 e. The van der Waals surface area contributed by atoms with Crippen molar-refractivity contribution in [1.82, 2.24) is 4.98 Å². The third-order valence-corrected chi connectivity index (χ3v) is 3.45. The molecule has 4 N–H and O–H groups in total. The molecule has 7 nitrogen and oxygen atoms in total. The van der Waals surface area contributed by atoms with E-state index in [1.165, 1.54) is 6.20 Å². The molecule has 1 aromatic rings. The Morgan fingerprint density at radius 3 is 2.80 bits per heavy atom. The van der Waals surface area contributed by atoms with Gasteiger partial charge in [-0.15, -0.1) is 0 Å². The minimum absolute atomic E-state index is 0.0768. The van der Waals surface area contributed by atoms with Gasteiger partial charge in [-0.2, -0.15) is 0 Å².